The molecule has 0 radical (unpaired) electrons. The Balaban J connectivity index is 1.53. The number of fused-ring (bicyclic) bond motifs is 1. The molecule has 1 atom stereocenters. The SMILES string of the molecule is Cc1ccc(NC(=O)[C@H]2CCCN(S(=O)(=O)c3cccc4nsnc34)C2)nc1. The number of carbonyl (C=O) groups is 1. The van der Waals surface area contributed by atoms with E-state index in [4.69, 9.17) is 0 Å². The maximum Gasteiger partial charge on any atom is 0.245 e. The van der Waals surface area contributed by atoms with E-state index in [0.717, 1.165) is 17.3 Å². The number of hydrogen-bond acceptors (Lipinski definition) is 7. The fraction of sp³-hybridized carbons (Fsp3) is 0.333. The molecule has 3 aromatic rings. The van der Waals surface area contributed by atoms with Crippen molar-refractivity contribution >= 4 is 44.5 Å². The van der Waals surface area contributed by atoms with Crippen molar-refractivity contribution in [2.24, 2.45) is 5.92 Å². The van der Waals surface area contributed by atoms with Gasteiger partial charge >= 0.3 is 0 Å². The predicted octanol–water partition coefficient (Wildman–Crippen LogP) is 2.43. The average Bonchev–Trinajstić information content (AvgIpc) is 3.18. The number of nitrogens with zero attached hydrogens (tertiary/aromatic N) is 4. The zero-order chi connectivity index (χ0) is 19.7. The summed E-state index contributed by atoms with van der Waals surface area (Å²) in [5.74, 6) is -0.182. The number of nitrogens with one attached hydrogen (secondary N) is 1. The van der Waals surface area contributed by atoms with Gasteiger partial charge in [0.25, 0.3) is 0 Å². The molecule has 1 amide bonds. The van der Waals surface area contributed by atoms with Crippen LogP contribution in [0, 0.1) is 12.8 Å². The molecule has 28 heavy (non-hydrogen) atoms. The summed E-state index contributed by atoms with van der Waals surface area (Å²) in [4.78, 5) is 17.0. The van der Waals surface area contributed by atoms with Crippen molar-refractivity contribution in [2.45, 2.75) is 24.7 Å². The molecule has 1 fully saturated rings. The lowest BCUT2D eigenvalue weighted by molar-refractivity contribution is -0.120. The summed E-state index contributed by atoms with van der Waals surface area (Å²) < 4.78 is 36.0. The molecule has 1 saturated heterocycles. The van der Waals surface area contributed by atoms with E-state index in [0.29, 0.717) is 36.2 Å². The van der Waals surface area contributed by atoms with Gasteiger partial charge in [-0.3, -0.25) is 4.79 Å². The van der Waals surface area contributed by atoms with Crippen LogP contribution in [-0.2, 0) is 14.8 Å². The normalized spacial score (nSPS) is 18.2. The first-order chi connectivity index (χ1) is 13.4. The summed E-state index contributed by atoms with van der Waals surface area (Å²) in [6, 6.07) is 8.54. The first-order valence-electron chi connectivity index (χ1n) is 8.90. The van der Waals surface area contributed by atoms with Gasteiger partial charge in [0.15, 0.2) is 0 Å². The van der Waals surface area contributed by atoms with Crippen LogP contribution in [0.15, 0.2) is 41.4 Å². The van der Waals surface area contributed by atoms with E-state index >= 15 is 0 Å². The highest BCUT2D eigenvalue weighted by molar-refractivity contribution is 7.89. The molecule has 1 aromatic carbocycles. The van der Waals surface area contributed by atoms with Crippen LogP contribution >= 0.6 is 11.7 Å². The largest absolute Gasteiger partial charge is 0.310 e. The van der Waals surface area contributed by atoms with E-state index in [2.05, 4.69) is 19.0 Å². The molecule has 0 bridgehead atoms. The van der Waals surface area contributed by atoms with Gasteiger partial charge in [0.2, 0.25) is 15.9 Å². The van der Waals surface area contributed by atoms with Gasteiger partial charge in [0.1, 0.15) is 21.7 Å². The number of sulfonamides is 1. The van der Waals surface area contributed by atoms with E-state index in [1.807, 2.05) is 13.0 Å². The van der Waals surface area contributed by atoms with Gasteiger partial charge < -0.3 is 5.32 Å². The zero-order valence-electron chi connectivity index (χ0n) is 15.2. The number of anilines is 1. The van der Waals surface area contributed by atoms with Crippen LogP contribution < -0.4 is 5.32 Å². The maximum absolute atomic E-state index is 13.2. The molecule has 0 aliphatic carbocycles. The third kappa shape index (κ3) is 3.62. The first-order valence-corrected chi connectivity index (χ1v) is 11.1. The Kier molecular flexibility index (Phi) is 5.09. The molecule has 1 aliphatic rings. The average molecular weight is 418 g/mol. The lowest BCUT2D eigenvalue weighted by Crippen LogP contribution is -2.43. The molecule has 1 N–H and O–H groups in total. The maximum atomic E-state index is 13.2. The van der Waals surface area contributed by atoms with Gasteiger partial charge in [-0.1, -0.05) is 12.1 Å². The van der Waals surface area contributed by atoms with Crippen molar-refractivity contribution in [3.8, 4) is 0 Å². The van der Waals surface area contributed by atoms with Gasteiger partial charge in [0.05, 0.1) is 17.6 Å². The lowest BCUT2D eigenvalue weighted by atomic mass is 9.99. The number of aromatic nitrogens is 3. The highest BCUT2D eigenvalue weighted by Crippen LogP contribution is 2.28. The van der Waals surface area contributed by atoms with Crippen molar-refractivity contribution in [3.63, 3.8) is 0 Å². The summed E-state index contributed by atoms with van der Waals surface area (Å²) in [6.07, 6.45) is 2.92. The zero-order valence-corrected chi connectivity index (χ0v) is 16.8. The van der Waals surface area contributed by atoms with Gasteiger partial charge in [-0.25, -0.2) is 13.4 Å². The number of benzene rings is 1. The van der Waals surface area contributed by atoms with E-state index in [9.17, 15) is 13.2 Å². The molecule has 8 nitrogen and oxygen atoms in total. The van der Waals surface area contributed by atoms with Crippen molar-refractivity contribution < 1.29 is 13.2 Å². The number of pyridine rings is 1. The molecule has 10 heteroatoms. The number of piperidine rings is 1. The van der Waals surface area contributed by atoms with Crippen LogP contribution in [0.5, 0.6) is 0 Å². The Morgan fingerprint density at radius 2 is 2.11 bits per heavy atom. The first kappa shape index (κ1) is 18.9. The number of rotatable bonds is 4. The smallest absolute Gasteiger partial charge is 0.245 e. The Hall–Kier alpha value is -2.43. The molecular weight excluding hydrogens is 398 g/mol. The second-order valence-electron chi connectivity index (χ2n) is 6.80. The second-order valence-corrected chi connectivity index (χ2v) is 9.24. The molecule has 2 aromatic heterocycles. The minimum atomic E-state index is -3.76. The van der Waals surface area contributed by atoms with E-state index in [-0.39, 0.29) is 17.3 Å². The monoisotopic (exact) mass is 417 g/mol. The second kappa shape index (κ2) is 7.53. The van der Waals surface area contributed by atoms with Gasteiger partial charge in [-0.05, 0) is 43.5 Å². The highest BCUT2D eigenvalue weighted by atomic mass is 32.2. The van der Waals surface area contributed by atoms with Crippen LogP contribution in [-0.4, -0.2) is 45.5 Å². The molecule has 4 rings (SSSR count). The number of hydrogen-bond donors (Lipinski definition) is 1. The number of carbonyl (C=O) groups excluding carboxylic acids is 1. The molecule has 146 valence electrons. The Bertz CT molecular complexity index is 1110. The summed E-state index contributed by atoms with van der Waals surface area (Å²) in [6.45, 7) is 2.43. The number of amides is 1. The van der Waals surface area contributed by atoms with Crippen LogP contribution in [0.1, 0.15) is 18.4 Å². The standard InChI is InChI=1S/C18H19N5O3S2/c1-12-7-8-16(19-10-12)20-18(24)13-4-3-9-23(11-13)28(25,26)15-6-2-5-14-17(15)22-27-21-14/h2,5-8,10,13H,3-4,9,11H2,1H3,(H,19,20,24)/t13-/m0/s1. The van der Waals surface area contributed by atoms with E-state index < -0.39 is 15.9 Å². The van der Waals surface area contributed by atoms with Crippen LogP contribution in [0.2, 0.25) is 0 Å². The quantitative estimate of drug-likeness (QED) is 0.699. The van der Waals surface area contributed by atoms with Gasteiger partial charge in [-0.2, -0.15) is 13.1 Å². The molecule has 0 saturated carbocycles. The predicted molar refractivity (Wildman–Crippen MR) is 107 cm³/mol. The summed E-state index contributed by atoms with van der Waals surface area (Å²) >= 11 is 0.983. The fourth-order valence-corrected chi connectivity index (χ4v) is 5.55. The summed E-state index contributed by atoms with van der Waals surface area (Å²) in [5.41, 5.74) is 1.93. The van der Waals surface area contributed by atoms with Crippen molar-refractivity contribution in [1.29, 1.82) is 0 Å². The lowest BCUT2D eigenvalue weighted by Gasteiger charge is -2.31. The minimum absolute atomic E-state index is 0.133. The molecule has 1 aliphatic heterocycles. The molecule has 0 unspecified atom stereocenters. The van der Waals surface area contributed by atoms with Gasteiger partial charge in [-0.15, -0.1) is 0 Å². The van der Waals surface area contributed by atoms with Crippen LogP contribution in [0.4, 0.5) is 5.82 Å². The topological polar surface area (TPSA) is 105 Å². The summed E-state index contributed by atoms with van der Waals surface area (Å²) in [7, 11) is -3.76. The molecule has 3 heterocycles. The molecule has 0 spiro atoms. The van der Waals surface area contributed by atoms with Crippen LogP contribution in [0.3, 0.4) is 0 Å². The summed E-state index contributed by atoms with van der Waals surface area (Å²) in [5, 5.41) is 2.78. The van der Waals surface area contributed by atoms with Crippen molar-refractivity contribution in [2.75, 3.05) is 18.4 Å². The minimum Gasteiger partial charge on any atom is -0.310 e. The Labute approximate surface area is 167 Å². The van der Waals surface area contributed by atoms with Crippen LogP contribution in [0.25, 0.3) is 11.0 Å². The third-order valence-electron chi connectivity index (χ3n) is 4.78. The van der Waals surface area contributed by atoms with Crippen molar-refractivity contribution in [3.05, 3.63) is 42.1 Å². The Morgan fingerprint density at radius 3 is 2.89 bits per heavy atom. The molecular formula is C18H19N5O3S2. The van der Waals surface area contributed by atoms with Crippen molar-refractivity contribution in [1.82, 2.24) is 18.0 Å². The van der Waals surface area contributed by atoms with E-state index in [1.165, 1.54) is 4.31 Å². The highest BCUT2D eigenvalue weighted by Gasteiger charge is 2.34. The third-order valence-corrected chi connectivity index (χ3v) is 7.22. The number of aryl methyl sites for hydroxylation is 1. The Morgan fingerprint density at radius 1 is 1.25 bits per heavy atom. The fourth-order valence-electron chi connectivity index (χ4n) is 3.27. The van der Waals surface area contributed by atoms with Gasteiger partial charge in [0, 0.05) is 19.3 Å². The van der Waals surface area contributed by atoms with E-state index in [1.54, 1.807) is 30.5 Å².